The number of hydrogen-bond donors (Lipinski definition) is 1. The predicted molar refractivity (Wildman–Crippen MR) is 74.1 cm³/mol. The highest BCUT2D eigenvalue weighted by molar-refractivity contribution is 7.15. The van der Waals surface area contributed by atoms with Gasteiger partial charge in [0.1, 0.15) is 5.01 Å². The molecule has 0 aliphatic carbocycles. The van der Waals surface area contributed by atoms with Gasteiger partial charge in [0.15, 0.2) is 0 Å². The van der Waals surface area contributed by atoms with Crippen molar-refractivity contribution in [2.75, 3.05) is 0 Å². The monoisotopic (exact) mass is 246 g/mol. The smallest absolute Gasteiger partial charge is 0.123 e. The molecule has 2 N–H and O–H groups in total. The first-order valence-electron chi connectivity index (χ1n) is 5.76. The van der Waals surface area contributed by atoms with Gasteiger partial charge in [0.05, 0.1) is 0 Å². The van der Waals surface area contributed by atoms with E-state index in [1.54, 1.807) is 11.3 Å². The van der Waals surface area contributed by atoms with E-state index in [0.717, 1.165) is 9.88 Å². The fraction of sp³-hybridized carbons (Fsp3) is 0.357. The van der Waals surface area contributed by atoms with Gasteiger partial charge in [0.2, 0.25) is 0 Å². The molecule has 2 aromatic rings. The van der Waals surface area contributed by atoms with Gasteiger partial charge in [0, 0.05) is 23.2 Å². The second-order valence-corrected chi connectivity index (χ2v) is 6.28. The standard InChI is InChI=1S/C14H18N2S/c1-14(2,3)11-6-4-10(5-7-11)13-16-9-12(8-15)17-13/h4-7,9H,8,15H2,1-3H3. The van der Waals surface area contributed by atoms with Gasteiger partial charge in [-0.25, -0.2) is 4.98 Å². The molecule has 90 valence electrons. The van der Waals surface area contributed by atoms with E-state index < -0.39 is 0 Å². The molecule has 2 nitrogen and oxygen atoms in total. The lowest BCUT2D eigenvalue weighted by Crippen LogP contribution is -2.10. The first kappa shape index (κ1) is 12.3. The van der Waals surface area contributed by atoms with E-state index >= 15 is 0 Å². The Bertz CT molecular complexity index is 492. The molecule has 0 aliphatic rings. The molecule has 0 fully saturated rings. The lowest BCUT2D eigenvalue weighted by atomic mass is 9.87. The fourth-order valence-electron chi connectivity index (χ4n) is 1.65. The highest BCUT2D eigenvalue weighted by atomic mass is 32.1. The normalized spacial score (nSPS) is 11.8. The van der Waals surface area contributed by atoms with Crippen LogP contribution in [0.4, 0.5) is 0 Å². The number of hydrogen-bond acceptors (Lipinski definition) is 3. The third kappa shape index (κ3) is 2.73. The van der Waals surface area contributed by atoms with Crippen molar-refractivity contribution in [3.63, 3.8) is 0 Å². The molecule has 0 radical (unpaired) electrons. The van der Waals surface area contributed by atoms with E-state index in [-0.39, 0.29) is 5.41 Å². The predicted octanol–water partition coefficient (Wildman–Crippen LogP) is 3.57. The van der Waals surface area contributed by atoms with Crippen LogP contribution in [0, 0.1) is 0 Å². The van der Waals surface area contributed by atoms with Crippen LogP contribution in [0.25, 0.3) is 10.6 Å². The van der Waals surface area contributed by atoms with Crippen LogP contribution in [0.1, 0.15) is 31.2 Å². The van der Waals surface area contributed by atoms with Gasteiger partial charge in [0.25, 0.3) is 0 Å². The fourth-order valence-corrected chi connectivity index (χ4v) is 2.44. The summed E-state index contributed by atoms with van der Waals surface area (Å²) in [6.07, 6.45) is 1.86. The van der Waals surface area contributed by atoms with Gasteiger partial charge in [-0.15, -0.1) is 11.3 Å². The zero-order valence-electron chi connectivity index (χ0n) is 10.5. The Balaban J connectivity index is 2.29. The molecule has 1 heterocycles. The second kappa shape index (κ2) is 4.59. The summed E-state index contributed by atoms with van der Waals surface area (Å²) in [6.45, 7) is 7.23. The Kier molecular flexibility index (Phi) is 3.31. The van der Waals surface area contributed by atoms with Crippen molar-refractivity contribution in [3.05, 3.63) is 40.9 Å². The van der Waals surface area contributed by atoms with E-state index in [4.69, 9.17) is 5.73 Å². The number of nitrogens with zero attached hydrogens (tertiary/aromatic N) is 1. The largest absolute Gasteiger partial charge is 0.326 e. The van der Waals surface area contributed by atoms with E-state index in [2.05, 4.69) is 50.0 Å². The first-order valence-corrected chi connectivity index (χ1v) is 6.58. The molecule has 3 heteroatoms. The number of benzene rings is 1. The third-order valence-electron chi connectivity index (χ3n) is 2.75. The van der Waals surface area contributed by atoms with Crippen molar-refractivity contribution < 1.29 is 0 Å². The van der Waals surface area contributed by atoms with E-state index in [1.165, 1.54) is 11.1 Å². The van der Waals surface area contributed by atoms with Crippen molar-refractivity contribution in [3.8, 4) is 10.6 Å². The summed E-state index contributed by atoms with van der Waals surface area (Å²) >= 11 is 1.66. The topological polar surface area (TPSA) is 38.9 Å². The molecule has 0 atom stereocenters. The van der Waals surface area contributed by atoms with Crippen LogP contribution < -0.4 is 5.73 Å². The highest BCUT2D eigenvalue weighted by Gasteiger charge is 2.13. The maximum absolute atomic E-state index is 5.59. The minimum absolute atomic E-state index is 0.198. The molecule has 0 saturated heterocycles. The van der Waals surface area contributed by atoms with Gasteiger partial charge in [-0.2, -0.15) is 0 Å². The van der Waals surface area contributed by atoms with Crippen molar-refractivity contribution in [1.29, 1.82) is 0 Å². The summed E-state index contributed by atoms with van der Waals surface area (Å²) in [4.78, 5) is 5.51. The van der Waals surface area contributed by atoms with Crippen molar-refractivity contribution in [2.24, 2.45) is 5.73 Å². The van der Waals surface area contributed by atoms with Crippen LogP contribution in [-0.2, 0) is 12.0 Å². The van der Waals surface area contributed by atoms with Crippen molar-refractivity contribution in [2.45, 2.75) is 32.7 Å². The molecule has 0 saturated carbocycles. The number of rotatable bonds is 2. The van der Waals surface area contributed by atoms with Crippen LogP contribution in [0.2, 0.25) is 0 Å². The molecule has 0 aliphatic heterocycles. The third-order valence-corrected chi connectivity index (χ3v) is 3.82. The van der Waals surface area contributed by atoms with Crippen molar-refractivity contribution in [1.82, 2.24) is 4.98 Å². The van der Waals surface area contributed by atoms with Crippen LogP contribution in [0.15, 0.2) is 30.5 Å². The summed E-state index contributed by atoms with van der Waals surface area (Å²) in [6, 6.07) is 8.64. The molecule has 0 unspecified atom stereocenters. The first-order chi connectivity index (χ1) is 8.00. The molecule has 1 aromatic carbocycles. The Labute approximate surface area is 107 Å². The van der Waals surface area contributed by atoms with E-state index in [9.17, 15) is 0 Å². The molecule has 2 rings (SSSR count). The molecule has 0 amide bonds. The maximum atomic E-state index is 5.59. The van der Waals surface area contributed by atoms with Crippen LogP contribution in [0.3, 0.4) is 0 Å². The van der Waals surface area contributed by atoms with Crippen LogP contribution >= 0.6 is 11.3 Å². The summed E-state index contributed by atoms with van der Waals surface area (Å²) in [5, 5.41) is 1.05. The number of aromatic nitrogens is 1. The Morgan fingerprint density at radius 2 is 1.82 bits per heavy atom. The van der Waals surface area contributed by atoms with Crippen molar-refractivity contribution >= 4 is 11.3 Å². The maximum Gasteiger partial charge on any atom is 0.123 e. The van der Waals surface area contributed by atoms with Gasteiger partial charge in [-0.05, 0) is 11.0 Å². The molecule has 1 aromatic heterocycles. The highest BCUT2D eigenvalue weighted by Crippen LogP contribution is 2.28. The summed E-state index contributed by atoms with van der Waals surface area (Å²) in [7, 11) is 0. The van der Waals surface area contributed by atoms with Gasteiger partial charge in [-0.3, -0.25) is 0 Å². The summed E-state index contributed by atoms with van der Waals surface area (Å²) < 4.78 is 0. The molecule has 0 spiro atoms. The van der Waals surface area contributed by atoms with Gasteiger partial charge >= 0.3 is 0 Å². The molecular formula is C14H18N2S. The molecule has 17 heavy (non-hydrogen) atoms. The zero-order valence-corrected chi connectivity index (χ0v) is 11.3. The summed E-state index contributed by atoms with van der Waals surface area (Å²) in [5.74, 6) is 0. The lowest BCUT2D eigenvalue weighted by molar-refractivity contribution is 0.590. The Morgan fingerprint density at radius 3 is 2.29 bits per heavy atom. The Morgan fingerprint density at radius 1 is 1.18 bits per heavy atom. The van der Waals surface area contributed by atoms with E-state index in [0.29, 0.717) is 6.54 Å². The lowest BCUT2D eigenvalue weighted by Gasteiger charge is -2.18. The minimum Gasteiger partial charge on any atom is -0.326 e. The average molecular weight is 246 g/mol. The number of nitrogens with two attached hydrogens (primary N) is 1. The molecule has 0 bridgehead atoms. The SMILES string of the molecule is CC(C)(C)c1ccc(-c2ncc(CN)s2)cc1. The van der Waals surface area contributed by atoms with Gasteiger partial charge < -0.3 is 5.73 Å². The number of thiazole rings is 1. The zero-order chi connectivity index (χ0) is 12.5. The average Bonchev–Trinajstić information content (AvgIpc) is 2.76. The second-order valence-electron chi connectivity index (χ2n) is 5.16. The Hall–Kier alpha value is -1.19. The van der Waals surface area contributed by atoms with Crippen LogP contribution in [0.5, 0.6) is 0 Å². The molecular weight excluding hydrogens is 228 g/mol. The van der Waals surface area contributed by atoms with Gasteiger partial charge in [-0.1, -0.05) is 45.0 Å². The van der Waals surface area contributed by atoms with Crippen LogP contribution in [-0.4, -0.2) is 4.98 Å². The summed E-state index contributed by atoms with van der Waals surface area (Å²) in [5.41, 5.74) is 8.30. The van der Waals surface area contributed by atoms with E-state index in [1.807, 2.05) is 6.20 Å². The quantitative estimate of drug-likeness (QED) is 0.880. The minimum atomic E-state index is 0.198.